The molecule has 120 valence electrons. The number of ketones is 1. The van der Waals surface area contributed by atoms with Crippen LogP contribution in [0.15, 0.2) is 36.2 Å². The van der Waals surface area contributed by atoms with Crippen LogP contribution in [0.2, 0.25) is 0 Å². The number of ether oxygens (including phenoxy) is 1. The van der Waals surface area contributed by atoms with E-state index in [1.807, 2.05) is 6.92 Å². The molecule has 1 aromatic rings. The van der Waals surface area contributed by atoms with Gasteiger partial charge in [0, 0.05) is 24.6 Å². The third-order valence-electron chi connectivity index (χ3n) is 3.33. The molecule has 0 radical (unpaired) electrons. The van der Waals surface area contributed by atoms with Gasteiger partial charge >= 0.3 is 6.18 Å². The topological polar surface area (TPSA) is 42.4 Å². The Kier molecular flexibility index (Phi) is 5.18. The smallest absolute Gasteiger partial charge is 0.359 e. The summed E-state index contributed by atoms with van der Waals surface area (Å²) in [6, 6.07) is 5.33. The van der Waals surface area contributed by atoms with Gasteiger partial charge in [-0.1, -0.05) is 6.07 Å². The molecular formula is C15H17F3N2O2. The molecule has 1 atom stereocenters. The van der Waals surface area contributed by atoms with E-state index in [1.165, 1.54) is 6.20 Å². The molecule has 1 aliphatic rings. The molecule has 4 nitrogen and oxygen atoms in total. The molecule has 0 N–H and O–H groups in total. The molecule has 7 heteroatoms. The second kappa shape index (κ2) is 6.91. The molecule has 0 bridgehead atoms. The Labute approximate surface area is 126 Å². The minimum absolute atomic E-state index is 0.0573. The molecule has 0 saturated heterocycles. The first kappa shape index (κ1) is 16.5. The van der Waals surface area contributed by atoms with Gasteiger partial charge in [-0.15, -0.1) is 0 Å². The van der Waals surface area contributed by atoms with Crippen LogP contribution < -0.4 is 0 Å². The minimum atomic E-state index is -4.85. The predicted molar refractivity (Wildman–Crippen MR) is 73.6 cm³/mol. The van der Waals surface area contributed by atoms with Gasteiger partial charge in [-0.3, -0.25) is 9.78 Å². The van der Waals surface area contributed by atoms with Gasteiger partial charge in [0.1, 0.15) is 6.23 Å². The van der Waals surface area contributed by atoms with Crippen molar-refractivity contribution in [1.29, 1.82) is 0 Å². The van der Waals surface area contributed by atoms with Gasteiger partial charge in [-0.05, 0) is 31.9 Å². The Bertz CT molecular complexity index is 543. The molecule has 2 heterocycles. The number of hydrogen-bond donors (Lipinski definition) is 0. The average molecular weight is 314 g/mol. The average Bonchev–Trinajstić information content (AvgIpc) is 2.48. The van der Waals surface area contributed by atoms with Crippen LogP contribution in [0.25, 0.3) is 0 Å². The molecule has 0 spiro atoms. The van der Waals surface area contributed by atoms with Crippen LogP contribution in [0.5, 0.6) is 0 Å². The largest absolute Gasteiger partial charge is 0.454 e. The number of aromatic nitrogens is 1. The standard InChI is InChI=1S/C15H17F3N2O2/c1-2-22-13-7-6-11(14(21)15(16,17)18)9-20(13)10-12-5-3-4-8-19-12/h3-5,8-9,13H,2,6-7,10H2,1H3. The van der Waals surface area contributed by atoms with E-state index < -0.39 is 12.0 Å². The van der Waals surface area contributed by atoms with E-state index in [2.05, 4.69) is 4.98 Å². The summed E-state index contributed by atoms with van der Waals surface area (Å²) < 4.78 is 43.3. The van der Waals surface area contributed by atoms with Crippen LogP contribution >= 0.6 is 0 Å². The van der Waals surface area contributed by atoms with E-state index in [0.29, 0.717) is 25.3 Å². The van der Waals surface area contributed by atoms with Crippen molar-refractivity contribution >= 4 is 5.78 Å². The quantitative estimate of drug-likeness (QED) is 0.838. The number of halogens is 3. The van der Waals surface area contributed by atoms with E-state index in [0.717, 1.165) is 0 Å². The Morgan fingerprint density at radius 2 is 2.23 bits per heavy atom. The predicted octanol–water partition coefficient (Wildman–Crippen LogP) is 3.06. The zero-order valence-electron chi connectivity index (χ0n) is 12.1. The summed E-state index contributed by atoms with van der Waals surface area (Å²) in [5.41, 5.74) is 0.462. The number of pyridine rings is 1. The summed E-state index contributed by atoms with van der Waals surface area (Å²) in [7, 11) is 0. The molecular weight excluding hydrogens is 297 g/mol. The van der Waals surface area contributed by atoms with Gasteiger partial charge in [-0.2, -0.15) is 13.2 Å². The number of Topliss-reactive ketones (excluding diaryl/α,β-unsaturated/α-hetero) is 1. The van der Waals surface area contributed by atoms with E-state index >= 15 is 0 Å². The minimum Gasteiger partial charge on any atom is -0.359 e. The Hall–Kier alpha value is -1.89. The monoisotopic (exact) mass is 314 g/mol. The van der Waals surface area contributed by atoms with Crippen LogP contribution in [0.1, 0.15) is 25.5 Å². The first-order chi connectivity index (χ1) is 10.4. The summed E-state index contributed by atoms with van der Waals surface area (Å²) >= 11 is 0. The highest BCUT2D eigenvalue weighted by atomic mass is 19.4. The van der Waals surface area contributed by atoms with Gasteiger partial charge < -0.3 is 9.64 Å². The van der Waals surface area contributed by atoms with Gasteiger partial charge in [0.25, 0.3) is 5.78 Å². The first-order valence-electron chi connectivity index (χ1n) is 7.01. The molecule has 22 heavy (non-hydrogen) atoms. The van der Waals surface area contributed by atoms with Crippen LogP contribution in [0, 0.1) is 0 Å². The lowest BCUT2D eigenvalue weighted by atomic mass is 10.0. The SMILES string of the molecule is CCOC1CCC(C(=O)C(F)(F)F)=CN1Cc1ccccn1. The summed E-state index contributed by atoms with van der Waals surface area (Å²) in [6.07, 6.45) is -1.93. The number of alkyl halides is 3. The Morgan fingerprint density at radius 3 is 2.82 bits per heavy atom. The second-order valence-corrected chi connectivity index (χ2v) is 4.92. The maximum atomic E-state index is 12.6. The Balaban J connectivity index is 2.21. The van der Waals surface area contributed by atoms with Crippen molar-refractivity contribution in [2.45, 2.75) is 38.7 Å². The molecule has 0 saturated carbocycles. The fourth-order valence-corrected chi connectivity index (χ4v) is 2.34. The molecule has 2 rings (SSSR count). The summed E-state index contributed by atoms with van der Waals surface area (Å²) in [5.74, 6) is -1.78. The summed E-state index contributed by atoms with van der Waals surface area (Å²) in [6.45, 7) is 2.55. The lowest BCUT2D eigenvalue weighted by Crippen LogP contribution is -2.38. The van der Waals surface area contributed by atoms with E-state index in [9.17, 15) is 18.0 Å². The summed E-state index contributed by atoms with van der Waals surface area (Å²) in [4.78, 5) is 17.2. The Morgan fingerprint density at radius 1 is 1.45 bits per heavy atom. The van der Waals surface area contributed by atoms with E-state index in [-0.39, 0.29) is 18.2 Å². The second-order valence-electron chi connectivity index (χ2n) is 4.92. The normalized spacial score (nSPS) is 19.0. The van der Waals surface area contributed by atoms with E-state index in [4.69, 9.17) is 4.74 Å². The van der Waals surface area contributed by atoms with Crippen molar-refractivity contribution in [2.24, 2.45) is 0 Å². The van der Waals surface area contributed by atoms with Crippen LogP contribution in [-0.2, 0) is 16.1 Å². The maximum absolute atomic E-state index is 12.6. The third-order valence-corrected chi connectivity index (χ3v) is 3.33. The highest BCUT2D eigenvalue weighted by Crippen LogP contribution is 2.29. The molecule has 0 amide bonds. The van der Waals surface area contributed by atoms with Crippen molar-refractivity contribution in [2.75, 3.05) is 6.61 Å². The molecule has 1 unspecified atom stereocenters. The van der Waals surface area contributed by atoms with Crippen LogP contribution in [-0.4, -0.2) is 34.7 Å². The maximum Gasteiger partial charge on any atom is 0.454 e. The number of carbonyl (C=O) groups is 1. The lowest BCUT2D eigenvalue weighted by molar-refractivity contribution is -0.167. The zero-order valence-corrected chi connectivity index (χ0v) is 12.1. The molecule has 0 aliphatic carbocycles. The van der Waals surface area contributed by atoms with Crippen molar-refractivity contribution < 1.29 is 22.7 Å². The number of carbonyl (C=O) groups excluding carboxylic acids is 1. The lowest BCUT2D eigenvalue weighted by Gasteiger charge is -2.34. The van der Waals surface area contributed by atoms with Gasteiger partial charge in [0.2, 0.25) is 0 Å². The highest BCUT2D eigenvalue weighted by Gasteiger charge is 2.42. The van der Waals surface area contributed by atoms with Gasteiger partial charge in [0.15, 0.2) is 0 Å². The van der Waals surface area contributed by atoms with Crippen molar-refractivity contribution in [3.8, 4) is 0 Å². The number of allylic oxidation sites excluding steroid dienone is 1. The third kappa shape index (κ3) is 4.07. The van der Waals surface area contributed by atoms with Crippen molar-refractivity contribution in [3.63, 3.8) is 0 Å². The fourth-order valence-electron chi connectivity index (χ4n) is 2.34. The van der Waals surface area contributed by atoms with Crippen molar-refractivity contribution in [1.82, 2.24) is 9.88 Å². The summed E-state index contributed by atoms with van der Waals surface area (Å²) in [5, 5.41) is 0. The van der Waals surface area contributed by atoms with E-state index in [1.54, 1.807) is 29.3 Å². The first-order valence-corrected chi connectivity index (χ1v) is 7.01. The molecule has 0 aromatic carbocycles. The molecule has 1 aromatic heterocycles. The zero-order chi connectivity index (χ0) is 16.2. The van der Waals surface area contributed by atoms with Crippen molar-refractivity contribution in [3.05, 3.63) is 41.9 Å². The number of rotatable bonds is 5. The number of nitrogens with zero attached hydrogens (tertiary/aromatic N) is 2. The molecule has 0 fully saturated rings. The van der Waals surface area contributed by atoms with Gasteiger partial charge in [-0.25, -0.2) is 0 Å². The van der Waals surface area contributed by atoms with Crippen LogP contribution in [0.4, 0.5) is 13.2 Å². The fraction of sp³-hybridized carbons (Fsp3) is 0.467. The van der Waals surface area contributed by atoms with Crippen LogP contribution in [0.3, 0.4) is 0 Å². The molecule has 1 aliphatic heterocycles. The van der Waals surface area contributed by atoms with Gasteiger partial charge in [0.05, 0.1) is 12.2 Å². The highest BCUT2D eigenvalue weighted by molar-refractivity contribution is 5.99. The number of hydrogen-bond acceptors (Lipinski definition) is 4.